The molecule has 0 aliphatic rings. The summed E-state index contributed by atoms with van der Waals surface area (Å²) >= 11 is 8.84. The number of amides is 1. The van der Waals surface area contributed by atoms with E-state index < -0.39 is 63.5 Å². The summed E-state index contributed by atoms with van der Waals surface area (Å²) in [6.07, 6.45) is 0. The standard InChI is InChI=1S/C16H7Cl2F16NO/c1-5-2-3-6(17)4-7(5)35-8(36)9(19,20)10(21,22)11(23,24)12(25,26)13(27,28)14(29,30)15(31,32)16(18,33)34/h2-4H,1H3,(H,35,36). The third-order valence-electron chi connectivity index (χ3n) is 4.46. The molecule has 0 fully saturated rings. The van der Waals surface area contributed by atoms with E-state index in [1.807, 2.05) is 0 Å². The first-order valence-electron chi connectivity index (χ1n) is 8.34. The van der Waals surface area contributed by atoms with Crippen LogP contribution in [0.25, 0.3) is 0 Å². The van der Waals surface area contributed by atoms with Gasteiger partial charge >= 0.3 is 52.7 Å². The van der Waals surface area contributed by atoms with Crippen LogP contribution in [0.2, 0.25) is 5.02 Å². The van der Waals surface area contributed by atoms with Gasteiger partial charge < -0.3 is 5.32 Å². The van der Waals surface area contributed by atoms with E-state index in [1.54, 1.807) is 0 Å². The van der Waals surface area contributed by atoms with Crippen LogP contribution in [0.5, 0.6) is 0 Å². The van der Waals surface area contributed by atoms with Gasteiger partial charge in [-0.25, -0.2) is 0 Å². The van der Waals surface area contributed by atoms with Gasteiger partial charge in [-0.3, -0.25) is 4.79 Å². The van der Waals surface area contributed by atoms with Crippen molar-refractivity contribution in [2.75, 3.05) is 5.32 Å². The lowest BCUT2D eigenvalue weighted by Gasteiger charge is -2.42. The molecule has 1 aromatic rings. The van der Waals surface area contributed by atoms with Gasteiger partial charge in [0, 0.05) is 10.7 Å². The Morgan fingerprint density at radius 3 is 1.42 bits per heavy atom. The Kier molecular flexibility index (Phi) is 7.93. The molecular weight excluding hydrogens is 597 g/mol. The van der Waals surface area contributed by atoms with E-state index in [9.17, 15) is 75.0 Å². The molecule has 0 radical (unpaired) electrons. The van der Waals surface area contributed by atoms with Crippen molar-refractivity contribution in [3.05, 3.63) is 28.8 Å². The molecule has 0 unspecified atom stereocenters. The van der Waals surface area contributed by atoms with Crippen molar-refractivity contribution in [1.82, 2.24) is 0 Å². The lowest BCUT2D eigenvalue weighted by Crippen LogP contribution is -2.75. The number of alkyl halides is 17. The summed E-state index contributed by atoms with van der Waals surface area (Å²) in [5.74, 6) is -60.7. The van der Waals surface area contributed by atoms with Crippen molar-refractivity contribution in [1.29, 1.82) is 0 Å². The number of hydrogen-bond acceptors (Lipinski definition) is 1. The van der Waals surface area contributed by atoms with Gasteiger partial charge in [0.05, 0.1) is 0 Å². The molecule has 1 aromatic carbocycles. The van der Waals surface area contributed by atoms with E-state index in [0.717, 1.165) is 24.4 Å². The van der Waals surface area contributed by atoms with Crippen molar-refractivity contribution in [3.63, 3.8) is 0 Å². The van der Waals surface area contributed by atoms with E-state index >= 15 is 0 Å². The maximum absolute atomic E-state index is 13.9. The number of hydrogen-bond donors (Lipinski definition) is 1. The van der Waals surface area contributed by atoms with Gasteiger partial charge in [0.1, 0.15) is 0 Å². The molecule has 36 heavy (non-hydrogen) atoms. The molecule has 208 valence electrons. The summed E-state index contributed by atoms with van der Waals surface area (Å²) in [6.45, 7) is 0.973. The van der Waals surface area contributed by atoms with Crippen LogP contribution < -0.4 is 5.32 Å². The van der Waals surface area contributed by atoms with Gasteiger partial charge in [0.15, 0.2) is 0 Å². The lowest BCUT2D eigenvalue weighted by molar-refractivity contribution is -0.445. The zero-order valence-corrected chi connectivity index (χ0v) is 18.0. The molecule has 20 heteroatoms. The quantitative estimate of drug-likeness (QED) is 0.226. The van der Waals surface area contributed by atoms with Crippen molar-refractivity contribution in [3.8, 4) is 0 Å². The third-order valence-corrected chi connectivity index (χ3v) is 4.93. The molecular formula is C16H7Cl2F16NO. The predicted molar refractivity (Wildman–Crippen MR) is 90.2 cm³/mol. The Morgan fingerprint density at radius 2 is 1.03 bits per heavy atom. The smallest absolute Gasteiger partial charge is 0.320 e. The van der Waals surface area contributed by atoms with Crippen LogP contribution in [0.4, 0.5) is 75.9 Å². The first kappa shape index (κ1) is 32.2. The Labute approximate surface area is 198 Å². The molecule has 0 saturated carbocycles. The maximum Gasteiger partial charge on any atom is 0.393 e. The first-order chi connectivity index (χ1) is 15.6. The predicted octanol–water partition coefficient (Wildman–Crippen LogP) is 7.87. The van der Waals surface area contributed by atoms with Crippen molar-refractivity contribution < 1.29 is 75.0 Å². The average molecular weight is 604 g/mol. The number of anilines is 1. The van der Waals surface area contributed by atoms with Crippen LogP contribution in [-0.2, 0) is 4.79 Å². The molecule has 0 spiro atoms. The monoisotopic (exact) mass is 603 g/mol. The molecule has 0 bridgehead atoms. The first-order valence-corrected chi connectivity index (χ1v) is 9.10. The summed E-state index contributed by atoms with van der Waals surface area (Å²) in [5.41, 5.74) is -1.22. The van der Waals surface area contributed by atoms with Crippen LogP contribution in [-0.4, -0.2) is 52.7 Å². The molecule has 2 nitrogen and oxygen atoms in total. The highest BCUT2D eigenvalue weighted by Crippen LogP contribution is 2.64. The summed E-state index contributed by atoms with van der Waals surface area (Å²) in [6, 6.07) is 2.49. The Bertz CT molecular complexity index is 1000. The fourth-order valence-corrected chi connectivity index (χ4v) is 2.53. The van der Waals surface area contributed by atoms with Gasteiger partial charge in [-0.1, -0.05) is 17.7 Å². The van der Waals surface area contributed by atoms with Gasteiger partial charge in [-0.15, -0.1) is 0 Å². The number of nitrogens with one attached hydrogen (secondary N) is 1. The normalized spacial score (nSPS) is 15.2. The summed E-state index contributed by atoms with van der Waals surface area (Å²) in [4.78, 5) is 11.5. The minimum absolute atomic E-state index is 0.292. The summed E-state index contributed by atoms with van der Waals surface area (Å²) in [5, 5.41) is -6.44. The second-order valence-electron chi connectivity index (χ2n) is 6.93. The molecule has 1 amide bonds. The zero-order chi connectivity index (χ0) is 29.1. The second kappa shape index (κ2) is 8.87. The van der Waals surface area contributed by atoms with Crippen LogP contribution in [0.15, 0.2) is 18.2 Å². The molecule has 1 rings (SSSR count). The molecule has 1 N–H and O–H groups in total. The van der Waals surface area contributed by atoms with Gasteiger partial charge in [0.25, 0.3) is 0 Å². The average Bonchev–Trinajstić information content (AvgIpc) is 2.68. The van der Waals surface area contributed by atoms with Crippen LogP contribution >= 0.6 is 23.2 Å². The van der Waals surface area contributed by atoms with E-state index in [0.29, 0.717) is 6.07 Å². The van der Waals surface area contributed by atoms with Crippen molar-refractivity contribution in [2.24, 2.45) is 0 Å². The number of carbonyl (C=O) groups is 1. The SMILES string of the molecule is Cc1ccc(Cl)cc1NC(=O)C(F)(F)C(F)(F)C(F)(F)C(F)(F)C(F)(F)C(F)(F)C(F)(F)C(F)(F)Cl. The maximum atomic E-state index is 13.9. The lowest BCUT2D eigenvalue weighted by atomic mass is 9.89. The Balaban J connectivity index is 3.61. The highest BCUT2D eigenvalue weighted by Gasteiger charge is 2.95. The minimum Gasteiger partial charge on any atom is -0.320 e. The molecule has 0 aromatic heterocycles. The van der Waals surface area contributed by atoms with Crippen molar-refractivity contribution in [2.45, 2.75) is 53.8 Å². The van der Waals surface area contributed by atoms with E-state index in [1.165, 1.54) is 0 Å². The highest BCUT2D eigenvalue weighted by molar-refractivity contribution is 6.31. The fraction of sp³-hybridized carbons (Fsp3) is 0.562. The Hall–Kier alpha value is -1.85. The molecule has 0 aliphatic heterocycles. The number of aryl methyl sites for hydroxylation is 1. The van der Waals surface area contributed by atoms with Crippen LogP contribution in [0.3, 0.4) is 0 Å². The van der Waals surface area contributed by atoms with E-state index in [-0.39, 0.29) is 5.56 Å². The molecule has 0 aliphatic carbocycles. The number of carbonyl (C=O) groups excluding carboxylic acids is 1. The molecule has 0 atom stereocenters. The number of rotatable bonds is 9. The van der Waals surface area contributed by atoms with Gasteiger partial charge in [-0.2, -0.15) is 70.2 Å². The van der Waals surface area contributed by atoms with E-state index in [2.05, 4.69) is 11.6 Å². The van der Waals surface area contributed by atoms with E-state index in [4.69, 9.17) is 11.6 Å². The van der Waals surface area contributed by atoms with Crippen LogP contribution in [0, 0.1) is 6.92 Å². The Morgan fingerprint density at radius 1 is 0.667 bits per heavy atom. The largest absolute Gasteiger partial charge is 0.393 e. The van der Waals surface area contributed by atoms with Gasteiger partial charge in [0.2, 0.25) is 0 Å². The van der Waals surface area contributed by atoms with Gasteiger partial charge in [-0.05, 0) is 36.2 Å². The highest BCUT2D eigenvalue weighted by atomic mass is 35.5. The zero-order valence-electron chi connectivity index (χ0n) is 16.4. The second-order valence-corrected chi connectivity index (χ2v) is 7.84. The number of halogens is 18. The summed E-state index contributed by atoms with van der Waals surface area (Å²) < 4.78 is 215. The number of benzene rings is 1. The van der Waals surface area contributed by atoms with Crippen LogP contribution in [0.1, 0.15) is 5.56 Å². The minimum atomic E-state index is -8.64. The fourth-order valence-electron chi connectivity index (χ4n) is 2.24. The van der Waals surface area contributed by atoms with Crippen molar-refractivity contribution >= 4 is 34.8 Å². The molecule has 0 saturated heterocycles. The summed E-state index contributed by atoms with van der Waals surface area (Å²) in [7, 11) is 0. The third kappa shape index (κ3) is 4.41. The molecule has 0 heterocycles. The topological polar surface area (TPSA) is 29.1 Å².